The van der Waals surface area contributed by atoms with Crippen LogP contribution in [0.3, 0.4) is 0 Å². The Kier molecular flexibility index (Phi) is 4.43. The average molecular weight is 278 g/mol. The Morgan fingerprint density at radius 1 is 1.50 bits per heavy atom. The van der Waals surface area contributed by atoms with E-state index in [2.05, 4.69) is 19.2 Å². The molecule has 110 valence electrons. The van der Waals surface area contributed by atoms with Gasteiger partial charge in [-0.2, -0.15) is 0 Å². The monoisotopic (exact) mass is 278 g/mol. The number of amides is 1. The lowest BCUT2D eigenvalue weighted by Crippen LogP contribution is -2.55. The average Bonchev–Trinajstić information content (AvgIpc) is 2.37. The van der Waals surface area contributed by atoms with Crippen LogP contribution in [0.25, 0.3) is 0 Å². The maximum absolute atomic E-state index is 13.2. The quantitative estimate of drug-likeness (QED) is 0.921. The van der Waals surface area contributed by atoms with Gasteiger partial charge in [0.1, 0.15) is 5.82 Å². The molecule has 4 heteroatoms. The lowest BCUT2D eigenvalue weighted by Gasteiger charge is -2.40. The van der Waals surface area contributed by atoms with Gasteiger partial charge in [-0.15, -0.1) is 0 Å². The lowest BCUT2D eigenvalue weighted by atomic mass is 9.77. The predicted molar refractivity (Wildman–Crippen MR) is 77.7 cm³/mol. The maximum Gasteiger partial charge on any atom is 0.240 e. The summed E-state index contributed by atoms with van der Waals surface area (Å²) in [5.74, 6) is -0.182. The van der Waals surface area contributed by atoms with E-state index in [0.717, 1.165) is 24.9 Å². The van der Waals surface area contributed by atoms with Gasteiger partial charge in [0.15, 0.2) is 0 Å². The van der Waals surface area contributed by atoms with Crippen LogP contribution in [0.5, 0.6) is 0 Å². The topological polar surface area (TPSA) is 32.3 Å². The van der Waals surface area contributed by atoms with Crippen LogP contribution in [0.1, 0.15) is 32.3 Å². The van der Waals surface area contributed by atoms with Crippen molar-refractivity contribution in [1.29, 1.82) is 0 Å². The molecule has 1 fully saturated rings. The van der Waals surface area contributed by atoms with Crippen LogP contribution in [0.2, 0.25) is 0 Å². The number of hydrogen-bond donors (Lipinski definition) is 1. The molecule has 1 unspecified atom stereocenters. The molecular formula is C16H23FN2O. The fourth-order valence-electron chi connectivity index (χ4n) is 2.84. The van der Waals surface area contributed by atoms with Crippen molar-refractivity contribution in [2.45, 2.75) is 39.3 Å². The standard InChI is InChI=1S/C16H23FN2O/c1-16(2)8-5-9-18-14(16)15(20)19(3)11-12-6-4-7-13(17)10-12/h4,6-7,10,14,18H,5,8-9,11H2,1-3H3. The van der Waals surface area contributed by atoms with Crippen LogP contribution in [-0.4, -0.2) is 30.4 Å². The Labute approximate surface area is 120 Å². The van der Waals surface area contributed by atoms with Crippen LogP contribution < -0.4 is 5.32 Å². The highest BCUT2D eigenvalue weighted by molar-refractivity contribution is 5.82. The maximum atomic E-state index is 13.2. The van der Waals surface area contributed by atoms with Crippen molar-refractivity contribution in [2.75, 3.05) is 13.6 Å². The second-order valence-corrected chi connectivity index (χ2v) is 6.30. The number of carbonyl (C=O) groups excluding carboxylic acids is 1. The molecule has 0 aromatic heterocycles. The van der Waals surface area contributed by atoms with Crippen molar-refractivity contribution < 1.29 is 9.18 Å². The molecule has 1 aliphatic heterocycles. The van der Waals surface area contributed by atoms with E-state index in [-0.39, 0.29) is 23.2 Å². The summed E-state index contributed by atoms with van der Waals surface area (Å²) in [6.45, 7) is 5.56. The highest BCUT2D eigenvalue weighted by atomic mass is 19.1. The van der Waals surface area contributed by atoms with Crippen molar-refractivity contribution in [3.8, 4) is 0 Å². The van der Waals surface area contributed by atoms with Gasteiger partial charge in [-0.3, -0.25) is 4.79 Å². The van der Waals surface area contributed by atoms with Crippen molar-refractivity contribution in [1.82, 2.24) is 10.2 Å². The Hall–Kier alpha value is -1.42. The van der Waals surface area contributed by atoms with Crippen LogP contribution in [0, 0.1) is 11.2 Å². The van der Waals surface area contributed by atoms with E-state index < -0.39 is 0 Å². The number of likely N-dealkylation sites (N-methyl/N-ethyl adjacent to an activating group) is 1. The third-order valence-electron chi connectivity index (χ3n) is 4.06. The highest BCUT2D eigenvalue weighted by Crippen LogP contribution is 2.31. The first-order valence-corrected chi connectivity index (χ1v) is 7.13. The first kappa shape index (κ1) is 15.0. The largest absolute Gasteiger partial charge is 0.340 e. The summed E-state index contributed by atoms with van der Waals surface area (Å²) in [6, 6.07) is 6.24. The van der Waals surface area contributed by atoms with Gasteiger partial charge in [-0.1, -0.05) is 26.0 Å². The molecule has 0 bridgehead atoms. The van der Waals surface area contributed by atoms with E-state index in [0.29, 0.717) is 6.54 Å². The number of carbonyl (C=O) groups is 1. The second-order valence-electron chi connectivity index (χ2n) is 6.30. The van der Waals surface area contributed by atoms with Gasteiger partial charge < -0.3 is 10.2 Å². The van der Waals surface area contributed by atoms with E-state index in [9.17, 15) is 9.18 Å². The molecule has 1 aromatic carbocycles. The smallest absolute Gasteiger partial charge is 0.240 e. The zero-order chi connectivity index (χ0) is 14.8. The molecule has 0 aliphatic carbocycles. The number of benzene rings is 1. The Bertz CT molecular complexity index is 487. The molecule has 1 aromatic rings. The summed E-state index contributed by atoms with van der Waals surface area (Å²) in [6.07, 6.45) is 2.15. The van der Waals surface area contributed by atoms with Gasteiger partial charge in [0.05, 0.1) is 6.04 Å². The van der Waals surface area contributed by atoms with E-state index >= 15 is 0 Å². The van der Waals surface area contributed by atoms with E-state index in [1.165, 1.54) is 12.1 Å². The summed E-state index contributed by atoms with van der Waals surface area (Å²) < 4.78 is 13.2. The van der Waals surface area contributed by atoms with Crippen molar-refractivity contribution >= 4 is 5.91 Å². The van der Waals surface area contributed by atoms with Crippen molar-refractivity contribution in [2.24, 2.45) is 5.41 Å². The summed E-state index contributed by atoms with van der Waals surface area (Å²) in [5.41, 5.74) is 0.778. The van der Waals surface area contributed by atoms with Gasteiger partial charge in [-0.05, 0) is 42.5 Å². The fourth-order valence-corrected chi connectivity index (χ4v) is 2.84. The summed E-state index contributed by atoms with van der Waals surface area (Å²) in [4.78, 5) is 14.3. The minimum absolute atomic E-state index is 0.0362. The first-order valence-electron chi connectivity index (χ1n) is 7.13. The molecule has 1 N–H and O–H groups in total. The first-order chi connectivity index (χ1) is 9.40. The van der Waals surface area contributed by atoms with Gasteiger partial charge >= 0.3 is 0 Å². The fraction of sp³-hybridized carbons (Fsp3) is 0.562. The number of piperidine rings is 1. The van der Waals surface area contributed by atoms with Crippen LogP contribution in [0.15, 0.2) is 24.3 Å². The van der Waals surface area contributed by atoms with Crippen molar-refractivity contribution in [3.05, 3.63) is 35.6 Å². The van der Waals surface area contributed by atoms with Gasteiger partial charge in [0.25, 0.3) is 0 Å². The van der Waals surface area contributed by atoms with Crippen LogP contribution >= 0.6 is 0 Å². The molecule has 1 atom stereocenters. The minimum atomic E-state index is -0.264. The molecule has 1 saturated heterocycles. The molecule has 20 heavy (non-hydrogen) atoms. The second kappa shape index (κ2) is 5.92. The van der Waals surface area contributed by atoms with Gasteiger partial charge in [-0.25, -0.2) is 4.39 Å². The molecule has 1 aliphatic rings. The van der Waals surface area contributed by atoms with Crippen LogP contribution in [0.4, 0.5) is 4.39 Å². The van der Waals surface area contributed by atoms with Crippen molar-refractivity contribution in [3.63, 3.8) is 0 Å². The number of rotatable bonds is 3. The van der Waals surface area contributed by atoms with E-state index in [1.807, 2.05) is 6.07 Å². The third-order valence-corrected chi connectivity index (χ3v) is 4.06. The molecule has 0 radical (unpaired) electrons. The zero-order valence-corrected chi connectivity index (χ0v) is 12.4. The summed E-state index contributed by atoms with van der Waals surface area (Å²) >= 11 is 0. The lowest BCUT2D eigenvalue weighted by molar-refractivity contribution is -0.136. The zero-order valence-electron chi connectivity index (χ0n) is 12.4. The summed E-state index contributed by atoms with van der Waals surface area (Å²) in [7, 11) is 1.78. The number of hydrogen-bond acceptors (Lipinski definition) is 2. The molecule has 1 heterocycles. The van der Waals surface area contributed by atoms with E-state index in [4.69, 9.17) is 0 Å². The molecule has 0 saturated carbocycles. The number of nitrogens with zero attached hydrogens (tertiary/aromatic N) is 1. The van der Waals surface area contributed by atoms with E-state index in [1.54, 1.807) is 18.0 Å². The number of nitrogens with one attached hydrogen (secondary N) is 1. The Morgan fingerprint density at radius 2 is 2.25 bits per heavy atom. The molecule has 0 spiro atoms. The Balaban J connectivity index is 2.05. The van der Waals surface area contributed by atoms with Gasteiger partial charge in [0, 0.05) is 13.6 Å². The van der Waals surface area contributed by atoms with Gasteiger partial charge in [0.2, 0.25) is 5.91 Å². The number of halogens is 1. The predicted octanol–water partition coefficient (Wildman–Crippen LogP) is 2.56. The Morgan fingerprint density at radius 3 is 2.90 bits per heavy atom. The molecular weight excluding hydrogens is 255 g/mol. The molecule has 2 rings (SSSR count). The molecule has 1 amide bonds. The highest BCUT2D eigenvalue weighted by Gasteiger charge is 2.38. The SMILES string of the molecule is CN(Cc1cccc(F)c1)C(=O)C1NCCCC1(C)C. The van der Waals surface area contributed by atoms with Crippen LogP contribution in [-0.2, 0) is 11.3 Å². The minimum Gasteiger partial charge on any atom is -0.340 e. The molecule has 3 nitrogen and oxygen atoms in total. The third kappa shape index (κ3) is 3.37. The normalized spacial score (nSPS) is 21.5. The summed E-state index contributed by atoms with van der Waals surface area (Å²) in [5, 5.41) is 3.32.